The van der Waals surface area contributed by atoms with Gasteiger partial charge in [-0.05, 0) is 48.4 Å². The van der Waals surface area contributed by atoms with Crippen molar-refractivity contribution in [1.82, 2.24) is 9.88 Å². The Morgan fingerprint density at radius 3 is 2.51 bits per heavy atom. The number of benzene rings is 3. The van der Waals surface area contributed by atoms with Gasteiger partial charge in [-0.1, -0.05) is 29.8 Å². The van der Waals surface area contributed by atoms with Crippen molar-refractivity contribution < 1.29 is 19.2 Å². The number of nitrogens with two attached hydrogens (primary N) is 1. The normalized spacial score (nSPS) is 10.8. The summed E-state index contributed by atoms with van der Waals surface area (Å²) in [4.78, 5) is 43.7. The molecule has 1 aromatic heterocycles. The fraction of sp³-hybridized carbons (Fsp3) is 0.214. The molecule has 0 saturated carbocycles. The SMILES string of the molecule is COc1ccc2c(CCN(CC(=O)N(c3ccccc3)c3ccc(Cl)c([N+](=O)[O-])c3)C(=O)CCN)c[nH]c2c1. The highest BCUT2D eigenvalue weighted by Crippen LogP contribution is 2.33. The molecule has 0 atom stereocenters. The zero-order valence-electron chi connectivity index (χ0n) is 21.3. The van der Waals surface area contributed by atoms with Gasteiger partial charge in [-0.2, -0.15) is 0 Å². The Balaban J connectivity index is 1.62. The zero-order valence-corrected chi connectivity index (χ0v) is 22.1. The van der Waals surface area contributed by atoms with Gasteiger partial charge in [-0.15, -0.1) is 0 Å². The molecular formula is C28H28ClN5O5. The number of amides is 2. The Morgan fingerprint density at radius 1 is 1.05 bits per heavy atom. The predicted octanol–water partition coefficient (Wildman–Crippen LogP) is 4.82. The van der Waals surface area contributed by atoms with E-state index in [9.17, 15) is 19.7 Å². The van der Waals surface area contributed by atoms with E-state index in [1.54, 1.807) is 37.4 Å². The van der Waals surface area contributed by atoms with Gasteiger partial charge < -0.3 is 20.4 Å². The molecule has 0 radical (unpaired) electrons. The number of hydrogen-bond donors (Lipinski definition) is 2. The van der Waals surface area contributed by atoms with Gasteiger partial charge in [0.2, 0.25) is 5.91 Å². The van der Waals surface area contributed by atoms with Crippen molar-refractivity contribution in [2.45, 2.75) is 12.8 Å². The van der Waals surface area contributed by atoms with Crippen LogP contribution in [0.2, 0.25) is 5.02 Å². The first-order valence-electron chi connectivity index (χ1n) is 12.3. The number of fused-ring (bicyclic) bond motifs is 1. The Bertz CT molecular complexity index is 1490. The third-order valence-electron chi connectivity index (χ3n) is 6.31. The minimum atomic E-state index is -0.604. The molecule has 0 aliphatic rings. The second kappa shape index (κ2) is 12.4. The number of nitrogens with zero attached hydrogens (tertiary/aromatic N) is 3. The molecule has 10 nitrogen and oxygen atoms in total. The number of nitro benzene ring substituents is 1. The van der Waals surface area contributed by atoms with Gasteiger partial charge in [0.05, 0.1) is 17.7 Å². The minimum absolute atomic E-state index is 0.0414. The number of para-hydroxylation sites is 1. The summed E-state index contributed by atoms with van der Waals surface area (Å²) in [5, 5.41) is 12.5. The highest BCUT2D eigenvalue weighted by Gasteiger charge is 2.25. The van der Waals surface area contributed by atoms with Gasteiger partial charge in [0.15, 0.2) is 0 Å². The predicted molar refractivity (Wildman–Crippen MR) is 151 cm³/mol. The number of H-pyrrole nitrogens is 1. The van der Waals surface area contributed by atoms with Gasteiger partial charge in [-0.3, -0.25) is 24.6 Å². The van der Waals surface area contributed by atoms with Crippen LogP contribution in [0.5, 0.6) is 5.75 Å². The first kappa shape index (κ1) is 27.6. The van der Waals surface area contributed by atoms with E-state index in [1.807, 2.05) is 24.4 Å². The maximum absolute atomic E-state index is 13.8. The molecule has 0 fully saturated rings. The summed E-state index contributed by atoms with van der Waals surface area (Å²) in [6, 6.07) is 18.6. The Hall–Kier alpha value is -4.41. The molecule has 202 valence electrons. The number of ether oxygens (including phenoxy) is 1. The summed E-state index contributed by atoms with van der Waals surface area (Å²) >= 11 is 6.01. The molecule has 3 aromatic carbocycles. The maximum atomic E-state index is 13.8. The van der Waals surface area contributed by atoms with Crippen molar-refractivity contribution in [3.63, 3.8) is 0 Å². The summed E-state index contributed by atoms with van der Waals surface area (Å²) in [7, 11) is 1.60. The summed E-state index contributed by atoms with van der Waals surface area (Å²) < 4.78 is 5.28. The fourth-order valence-electron chi connectivity index (χ4n) is 4.36. The highest BCUT2D eigenvalue weighted by molar-refractivity contribution is 6.32. The van der Waals surface area contributed by atoms with Crippen LogP contribution in [0.1, 0.15) is 12.0 Å². The van der Waals surface area contributed by atoms with Crippen LogP contribution in [0.4, 0.5) is 17.1 Å². The van der Waals surface area contributed by atoms with E-state index in [2.05, 4.69) is 4.98 Å². The van der Waals surface area contributed by atoms with Gasteiger partial charge in [-0.25, -0.2) is 0 Å². The smallest absolute Gasteiger partial charge is 0.289 e. The lowest BCUT2D eigenvalue weighted by molar-refractivity contribution is -0.384. The third-order valence-corrected chi connectivity index (χ3v) is 6.63. The molecule has 0 aliphatic carbocycles. The molecule has 4 aromatic rings. The summed E-state index contributed by atoms with van der Waals surface area (Å²) in [6.45, 7) is 0.162. The first-order chi connectivity index (χ1) is 18.8. The van der Waals surface area contributed by atoms with Gasteiger partial charge >= 0.3 is 0 Å². The molecule has 3 N–H and O–H groups in total. The number of methoxy groups -OCH3 is 1. The van der Waals surface area contributed by atoms with E-state index < -0.39 is 10.8 Å². The number of rotatable bonds is 11. The van der Waals surface area contributed by atoms with Crippen LogP contribution in [0.15, 0.2) is 72.9 Å². The quantitative estimate of drug-likeness (QED) is 0.203. The number of nitro groups is 1. The lowest BCUT2D eigenvalue weighted by atomic mass is 10.1. The molecule has 0 spiro atoms. The van der Waals surface area contributed by atoms with E-state index in [4.69, 9.17) is 22.1 Å². The maximum Gasteiger partial charge on any atom is 0.289 e. The molecule has 0 saturated heterocycles. The number of carbonyl (C=O) groups is 2. The van der Waals surface area contributed by atoms with E-state index in [0.717, 1.165) is 22.2 Å². The van der Waals surface area contributed by atoms with Crippen LogP contribution in [-0.2, 0) is 16.0 Å². The number of aromatic nitrogens is 1. The Kier molecular flexibility index (Phi) is 8.80. The number of anilines is 2. The number of nitrogens with one attached hydrogen (secondary N) is 1. The van der Waals surface area contributed by atoms with Crippen molar-refractivity contribution in [2.75, 3.05) is 31.6 Å². The first-order valence-corrected chi connectivity index (χ1v) is 12.6. The Morgan fingerprint density at radius 2 is 1.82 bits per heavy atom. The van der Waals surface area contributed by atoms with Gasteiger partial charge in [0.1, 0.15) is 17.3 Å². The second-order valence-corrected chi connectivity index (χ2v) is 9.19. The molecule has 0 unspecified atom stereocenters. The van der Waals surface area contributed by atoms with Gasteiger partial charge in [0.25, 0.3) is 11.6 Å². The van der Waals surface area contributed by atoms with E-state index in [1.165, 1.54) is 28.0 Å². The van der Waals surface area contributed by atoms with Crippen molar-refractivity contribution in [1.29, 1.82) is 0 Å². The van der Waals surface area contributed by atoms with Gasteiger partial charge in [0, 0.05) is 54.4 Å². The molecule has 0 aliphatic heterocycles. The molecule has 1 heterocycles. The third kappa shape index (κ3) is 6.36. The van der Waals surface area contributed by atoms with E-state index in [-0.39, 0.29) is 48.4 Å². The average molecular weight is 550 g/mol. The van der Waals surface area contributed by atoms with Crippen molar-refractivity contribution in [2.24, 2.45) is 5.73 Å². The number of halogens is 1. The monoisotopic (exact) mass is 549 g/mol. The standard InChI is InChI=1S/C28H28ClN5O5/c1-39-22-8-9-23-19(17-31-25(23)16-22)12-14-32(27(35)11-13-30)18-28(36)33(20-5-3-2-4-6-20)21-7-10-24(29)26(15-21)34(37)38/h2-10,15-17,31H,11-14,18,30H2,1H3. The van der Waals surface area contributed by atoms with Crippen LogP contribution >= 0.6 is 11.6 Å². The van der Waals surface area contributed by atoms with Crippen molar-refractivity contribution in [3.8, 4) is 5.75 Å². The molecular weight excluding hydrogens is 522 g/mol. The summed E-state index contributed by atoms with van der Waals surface area (Å²) in [5.41, 5.74) is 7.98. The molecule has 4 rings (SSSR count). The molecule has 2 amide bonds. The minimum Gasteiger partial charge on any atom is -0.497 e. The molecule has 0 bridgehead atoms. The summed E-state index contributed by atoms with van der Waals surface area (Å²) in [6.07, 6.45) is 2.45. The number of hydrogen-bond acceptors (Lipinski definition) is 6. The number of carbonyl (C=O) groups excluding carboxylic acids is 2. The summed E-state index contributed by atoms with van der Waals surface area (Å²) in [5.74, 6) is 0.0269. The van der Waals surface area contributed by atoms with Crippen LogP contribution in [0, 0.1) is 10.1 Å². The lowest BCUT2D eigenvalue weighted by Gasteiger charge is -2.28. The zero-order chi connectivity index (χ0) is 27.9. The van der Waals surface area contributed by atoms with Crippen molar-refractivity contribution >= 4 is 51.4 Å². The average Bonchev–Trinajstić information content (AvgIpc) is 3.34. The lowest BCUT2D eigenvalue weighted by Crippen LogP contribution is -2.42. The Labute approximate surface area is 230 Å². The second-order valence-electron chi connectivity index (χ2n) is 8.79. The van der Waals surface area contributed by atoms with Crippen LogP contribution in [0.25, 0.3) is 10.9 Å². The number of aromatic amines is 1. The van der Waals surface area contributed by atoms with E-state index >= 15 is 0 Å². The molecule has 11 heteroatoms. The van der Waals surface area contributed by atoms with Crippen LogP contribution in [0.3, 0.4) is 0 Å². The largest absolute Gasteiger partial charge is 0.497 e. The van der Waals surface area contributed by atoms with E-state index in [0.29, 0.717) is 12.1 Å². The molecule has 39 heavy (non-hydrogen) atoms. The topological polar surface area (TPSA) is 135 Å². The van der Waals surface area contributed by atoms with Crippen molar-refractivity contribution in [3.05, 3.63) is 93.6 Å². The van der Waals surface area contributed by atoms with Crippen LogP contribution < -0.4 is 15.4 Å². The fourth-order valence-corrected chi connectivity index (χ4v) is 4.54. The van der Waals surface area contributed by atoms with Crippen LogP contribution in [-0.4, -0.2) is 53.4 Å². The highest BCUT2D eigenvalue weighted by atomic mass is 35.5.